The number of thiophene rings is 1. The van der Waals surface area contributed by atoms with E-state index in [2.05, 4.69) is 22.1 Å². The van der Waals surface area contributed by atoms with Crippen molar-refractivity contribution >= 4 is 31.6 Å². The van der Waals surface area contributed by atoms with Crippen LogP contribution in [-0.4, -0.2) is 9.97 Å². The first-order valence-electron chi connectivity index (χ1n) is 4.02. The quantitative estimate of drug-likeness (QED) is 0.539. The zero-order valence-electron chi connectivity index (χ0n) is 6.77. The van der Waals surface area contributed by atoms with Crippen LogP contribution >= 0.6 is 11.3 Å². The highest BCUT2D eigenvalue weighted by Gasteiger charge is 2.03. The van der Waals surface area contributed by atoms with Crippen LogP contribution in [-0.2, 0) is 0 Å². The van der Waals surface area contributed by atoms with E-state index in [0.717, 1.165) is 10.2 Å². The van der Waals surface area contributed by atoms with Crippen molar-refractivity contribution in [1.82, 2.24) is 9.97 Å². The number of hydrogen-bond donors (Lipinski definition) is 0. The highest BCUT2D eigenvalue weighted by molar-refractivity contribution is 7.25. The third-order valence-electron chi connectivity index (χ3n) is 2.06. The third kappa shape index (κ3) is 0.939. The number of fused-ring (bicyclic) bond motifs is 3. The van der Waals surface area contributed by atoms with Gasteiger partial charge in [0.05, 0.1) is 0 Å². The molecule has 2 nitrogen and oxygen atoms in total. The lowest BCUT2D eigenvalue weighted by molar-refractivity contribution is 1.24. The van der Waals surface area contributed by atoms with Crippen molar-refractivity contribution in [2.24, 2.45) is 0 Å². The van der Waals surface area contributed by atoms with Gasteiger partial charge in [0.15, 0.2) is 0 Å². The Morgan fingerprint density at radius 3 is 3.00 bits per heavy atom. The lowest BCUT2D eigenvalue weighted by atomic mass is 10.2. The molecule has 0 saturated heterocycles. The molecule has 0 spiro atoms. The normalized spacial score (nSPS) is 11.1. The molecule has 0 fully saturated rings. The Balaban J connectivity index is 2.64. The second-order valence-corrected chi connectivity index (χ2v) is 3.87. The molecule has 0 saturated carbocycles. The van der Waals surface area contributed by atoms with E-state index in [0.29, 0.717) is 0 Å². The van der Waals surface area contributed by atoms with Gasteiger partial charge in [0.25, 0.3) is 0 Å². The van der Waals surface area contributed by atoms with Crippen LogP contribution in [0.2, 0.25) is 0 Å². The van der Waals surface area contributed by atoms with E-state index < -0.39 is 0 Å². The molecular formula is C10H6N2S. The monoisotopic (exact) mass is 186 g/mol. The minimum atomic E-state index is 1.07. The number of benzene rings is 1. The first kappa shape index (κ1) is 6.97. The summed E-state index contributed by atoms with van der Waals surface area (Å²) in [6.45, 7) is 0. The second kappa shape index (κ2) is 2.50. The van der Waals surface area contributed by atoms with Crippen molar-refractivity contribution in [3.05, 3.63) is 36.8 Å². The zero-order chi connectivity index (χ0) is 8.67. The Morgan fingerprint density at radius 1 is 1.08 bits per heavy atom. The van der Waals surface area contributed by atoms with E-state index in [1.807, 2.05) is 18.3 Å². The Bertz CT molecular complexity index is 521. The molecule has 0 atom stereocenters. The SMILES string of the molecule is c1ccc2c(c1)sc1ncncc12. The van der Waals surface area contributed by atoms with Crippen LogP contribution in [0.1, 0.15) is 0 Å². The Kier molecular flexibility index (Phi) is 1.34. The first-order valence-corrected chi connectivity index (χ1v) is 4.84. The van der Waals surface area contributed by atoms with Crippen LogP contribution in [0.25, 0.3) is 20.3 Å². The molecule has 0 aliphatic heterocycles. The summed E-state index contributed by atoms with van der Waals surface area (Å²) >= 11 is 1.71. The van der Waals surface area contributed by atoms with Gasteiger partial charge in [-0.3, -0.25) is 0 Å². The minimum Gasteiger partial charge on any atom is -0.244 e. The standard InChI is InChI=1S/C10H6N2S/c1-2-4-9-7(3-1)8-5-11-6-12-10(8)13-9/h1-6H. The van der Waals surface area contributed by atoms with E-state index in [4.69, 9.17) is 0 Å². The van der Waals surface area contributed by atoms with Crippen molar-refractivity contribution < 1.29 is 0 Å². The molecule has 0 N–H and O–H groups in total. The summed E-state index contributed by atoms with van der Waals surface area (Å²) in [7, 11) is 0. The summed E-state index contributed by atoms with van der Waals surface area (Å²) < 4.78 is 1.28. The minimum absolute atomic E-state index is 1.07. The molecule has 3 aromatic rings. The van der Waals surface area contributed by atoms with E-state index in [1.165, 1.54) is 10.1 Å². The lowest BCUT2D eigenvalue weighted by Gasteiger charge is -1.87. The van der Waals surface area contributed by atoms with Crippen molar-refractivity contribution in [1.29, 1.82) is 0 Å². The molecule has 3 rings (SSSR count). The van der Waals surface area contributed by atoms with Crippen molar-refractivity contribution in [3.63, 3.8) is 0 Å². The van der Waals surface area contributed by atoms with E-state index in [9.17, 15) is 0 Å². The number of aromatic nitrogens is 2. The van der Waals surface area contributed by atoms with Gasteiger partial charge in [0.2, 0.25) is 0 Å². The van der Waals surface area contributed by atoms with Crippen LogP contribution in [0.5, 0.6) is 0 Å². The maximum atomic E-state index is 4.23. The number of hydrogen-bond acceptors (Lipinski definition) is 3. The van der Waals surface area contributed by atoms with Gasteiger partial charge in [-0.1, -0.05) is 18.2 Å². The van der Waals surface area contributed by atoms with Gasteiger partial charge < -0.3 is 0 Å². The van der Waals surface area contributed by atoms with Gasteiger partial charge in [0, 0.05) is 21.7 Å². The molecule has 0 aliphatic rings. The van der Waals surface area contributed by atoms with Gasteiger partial charge in [0.1, 0.15) is 11.2 Å². The molecule has 0 aliphatic carbocycles. The molecular weight excluding hydrogens is 180 g/mol. The average Bonchev–Trinajstić information content (AvgIpc) is 2.56. The fraction of sp³-hybridized carbons (Fsp3) is 0. The Morgan fingerprint density at radius 2 is 2.00 bits per heavy atom. The summed E-state index contributed by atoms with van der Waals surface area (Å²) in [5.41, 5.74) is 0. The van der Waals surface area contributed by atoms with Crippen molar-refractivity contribution in [3.8, 4) is 0 Å². The lowest BCUT2D eigenvalue weighted by Crippen LogP contribution is -1.73. The van der Waals surface area contributed by atoms with Crippen LogP contribution in [0.3, 0.4) is 0 Å². The summed E-state index contributed by atoms with van der Waals surface area (Å²) in [6.07, 6.45) is 3.47. The van der Waals surface area contributed by atoms with Crippen molar-refractivity contribution in [2.45, 2.75) is 0 Å². The molecule has 13 heavy (non-hydrogen) atoms. The van der Waals surface area contributed by atoms with Crippen LogP contribution < -0.4 is 0 Å². The molecule has 62 valence electrons. The van der Waals surface area contributed by atoms with Crippen LogP contribution in [0.4, 0.5) is 0 Å². The largest absolute Gasteiger partial charge is 0.244 e. The summed E-state index contributed by atoms with van der Waals surface area (Å²) in [4.78, 5) is 9.32. The Labute approximate surface area is 78.9 Å². The molecule has 2 heterocycles. The maximum absolute atomic E-state index is 4.23. The topological polar surface area (TPSA) is 25.8 Å². The number of rotatable bonds is 0. The molecule has 0 bridgehead atoms. The first-order chi connectivity index (χ1) is 6.45. The summed E-state index contributed by atoms with van der Waals surface area (Å²) in [5, 5.41) is 2.41. The number of nitrogens with zero attached hydrogens (tertiary/aromatic N) is 2. The van der Waals surface area contributed by atoms with Gasteiger partial charge in [-0.15, -0.1) is 11.3 Å². The van der Waals surface area contributed by atoms with Gasteiger partial charge in [-0.2, -0.15) is 0 Å². The molecule has 0 radical (unpaired) electrons. The van der Waals surface area contributed by atoms with E-state index >= 15 is 0 Å². The van der Waals surface area contributed by atoms with Gasteiger partial charge in [-0.05, 0) is 6.07 Å². The summed E-state index contributed by atoms with van der Waals surface area (Å²) in [6, 6.07) is 8.31. The van der Waals surface area contributed by atoms with Gasteiger partial charge >= 0.3 is 0 Å². The molecule has 0 unspecified atom stereocenters. The van der Waals surface area contributed by atoms with E-state index in [-0.39, 0.29) is 0 Å². The molecule has 2 aromatic heterocycles. The van der Waals surface area contributed by atoms with Gasteiger partial charge in [-0.25, -0.2) is 9.97 Å². The predicted molar refractivity (Wildman–Crippen MR) is 54.9 cm³/mol. The highest BCUT2D eigenvalue weighted by atomic mass is 32.1. The fourth-order valence-electron chi connectivity index (χ4n) is 1.47. The molecule has 1 aromatic carbocycles. The van der Waals surface area contributed by atoms with E-state index in [1.54, 1.807) is 17.7 Å². The highest BCUT2D eigenvalue weighted by Crippen LogP contribution is 2.30. The fourth-order valence-corrected chi connectivity index (χ4v) is 2.48. The van der Waals surface area contributed by atoms with Crippen LogP contribution in [0.15, 0.2) is 36.8 Å². The zero-order valence-corrected chi connectivity index (χ0v) is 7.58. The summed E-state index contributed by atoms with van der Waals surface area (Å²) in [5.74, 6) is 0. The maximum Gasteiger partial charge on any atom is 0.127 e. The average molecular weight is 186 g/mol. The smallest absolute Gasteiger partial charge is 0.127 e. The molecule has 3 heteroatoms. The third-order valence-corrected chi connectivity index (χ3v) is 3.15. The van der Waals surface area contributed by atoms with Crippen molar-refractivity contribution in [2.75, 3.05) is 0 Å². The second-order valence-electron chi connectivity index (χ2n) is 2.84. The van der Waals surface area contributed by atoms with Crippen LogP contribution in [0, 0.1) is 0 Å². The molecule has 0 amide bonds. The predicted octanol–water partition coefficient (Wildman–Crippen LogP) is 2.84. The Hall–Kier alpha value is -1.48.